The summed E-state index contributed by atoms with van der Waals surface area (Å²) in [6.45, 7) is 6.34. The van der Waals surface area contributed by atoms with E-state index in [2.05, 4.69) is 36.8 Å². The fourth-order valence-corrected chi connectivity index (χ4v) is 4.65. The molecule has 4 aliphatic rings. The molecule has 3 aliphatic carbocycles. The van der Waals surface area contributed by atoms with Gasteiger partial charge in [-0.3, -0.25) is 4.79 Å². The first kappa shape index (κ1) is 17.2. The second-order valence-electron chi connectivity index (χ2n) is 8.36. The van der Waals surface area contributed by atoms with Crippen LogP contribution in [0.3, 0.4) is 0 Å². The predicted octanol–water partition coefficient (Wildman–Crippen LogP) is 4.22. The molecule has 0 spiro atoms. The number of rotatable bonds is 2. The lowest BCUT2D eigenvalue weighted by atomic mass is 9.64. The number of carbonyl (C=O) groups excluding carboxylic acids is 1. The molecule has 0 fully saturated rings. The normalized spacial score (nSPS) is 29.8. The lowest BCUT2D eigenvalue weighted by Crippen LogP contribution is -2.35. The highest BCUT2D eigenvalue weighted by Gasteiger charge is 2.55. The molecule has 2 atom stereocenters. The minimum Gasteiger partial charge on any atom is -0.488 e. The lowest BCUT2D eigenvalue weighted by Gasteiger charge is -2.37. The molecular weight excluding hydrogens is 352 g/mol. The van der Waals surface area contributed by atoms with Crippen LogP contribution in [0.4, 0.5) is 0 Å². The number of allylic oxidation sites excluding steroid dienone is 6. The van der Waals surface area contributed by atoms with E-state index >= 15 is 0 Å². The van der Waals surface area contributed by atoms with E-state index in [0.717, 1.165) is 28.2 Å². The summed E-state index contributed by atoms with van der Waals surface area (Å²) in [5, 5.41) is 0. The second kappa shape index (κ2) is 5.77. The number of hydrogen-bond donors (Lipinski definition) is 0. The molecule has 0 N–H and O–H groups in total. The number of ether oxygens (including phenoxy) is 2. The zero-order chi connectivity index (χ0) is 19.5. The van der Waals surface area contributed by atoms with Crippen LogP contribution in [0.2, 0.25) is 0 Å². The van der Waals surface area contributed by atoms with Gasteiger partial charge in [0.15, 0.2) is 5.78 Å². The summed E-state index contributed by atoms with van der Waals surface area (Å²) in [5.74, 6) is 1.67. The van der Waals surface area contributed by atoms with Crippen LogP contribution in [-0.4, -0.2) is 21.9 Å². The summed E-state index contributed by atoms with van der Waals surface area (Å²) in [4.78, 5) is 21.8. The Hall–Kier alpha value is -2.95. The van der Waals surface area contributed by atoms with Crippen molar-refractivity contribution < 1.29 is 14.3 Å². The van der Waals surface area contributed by atoms with Crippen LogP contribution >= 0.6 is 0 Å². The van der Waals surface area contributed by atoms with Crippen LogP contribution in [0.25, 0.3) is 0 Å². The molecule has 5 rings (SSSR count). The maximum absolute atomic E-state index is 13.5. The van der Waals surface area contributed by atoms with Gasteiger partial charge < -0.3 is 9.47 Å². The molecule has 5 heteroatoms. The first-order chi connectivity index (χ1) is 13.4. The SMILES string of the molecule is CC1(C)C2=C(CCC(Oc3ncccn3)=C2)C(=O)C2=C1OC1C=CC=C[C@@]21C. The van der Waals surface area contributed by atoms with Gasteiger partial charge in [0.25, 0.3) is 0 Å². The summed E-state index contributed by atoms with van der Waals surface area (Å²) >= 11 is 0. The van der Waals surface area contributed by atoms with Gasteiger partial charge in [0.1, 0.15) is 17.6 Å². The van der Waals surface area contributed by atoms with Crippen LogP contribution in [0.5, 0.6) is 6.01 Å². The summed E-state index contributed by atoms with van der Waals surface area (Å²) in [6.07, 6.45) is 14.6. The Labute approximate surface area is 164 Å². The van der Waals surface area contributed by atoms with Crippen molar-refractivity contribution >= 4 is 5.78 Å². The molecule has 0 radical (unpaired) electrons. The van der Waals surface area contributed by atoms with E-state index in [9.17, 15) is 4.79 Å². The molecule has 0 saturated carbocycles. The van der Waals surface area contributed by atoms with E-state index in [-0.39, 0.29) is 11.9 Å². The largest absolute Gasteiger partial charge is 0.488 e. The number of fused-ring (bicyclic) bond motifs is 2. The Morgan fingerprint density at radius 1 is 1.14 bits per heavy atom. The van der Waals surface area contributed by atoms with Crippen molar-refractivity contribution in [2.24, 2.45) is 10.8 Å². The predicted molar refractivity (Wildman–Crippen MR) is 104 cm³/mol. The Balaban J connectivity index is 1.56. The van der Waals surface area contributed by atoms with E-state index in [1.54, 1.807) is 18.5 Å². The third-order valence-corrected chi connectivity index (χ3v) is 6.20. The van der Waals surface area contributed by atoms with Gasteiger partial charge in [0.2, 0.25) is 0 Å². The molecule has 5 nitrogen and oxygen atoms in total. The molecule has 0 saturated heterocycles. The monoisotopic (exact) mass is 374 g/mol. The average Bonchev–Trinajstić information content (AvgIpc) is 3.01. The van der Waals surface area contributed by atoms with Crippen LogP contribution in [0.15, 0.2) is 77.1 Å². The van der Waals surface area contributed by atoms with Crippen molar-refractivity contribution in [1.29, 1.82) is 0 Å². The maximum Gasteiger partial charge on any atom is 0.321 e. The van der Waals surface area contributed by atoms with Crippen LogP contribution in [-0.2, 0) is 9.53 Å². The molecule has 0 amide bonds. The summed E-state index contributed by atoms with van der Waals surface area (Å²) in [7, 11) is 0. The van der Waals surface area contributed by atoms with Gasteiger partial charge in [0.05, 0.1) is 11.0 Å². The quantitative estimate of drug-likeness (QED) is 0.775. The van der Waals surface area contributed by atoms with Crippen LogP contribution in [0, 0.1) is 10.8 Å². The summed E-state index contributed by atoms with van der Waals surface area (Å²) in [6, 6.07) is 2.07. The fourth-order valence-electron chi connectivity index (χ4n) is 4.65. The topological polar surface area (TPSA) is 61.3 Å². The highest BCUT2D eigenvalue weighted by Crippen LogP contribution is 2.57. The molecule has 0 bridgehead atoms. The first-order valence-electron chi connectivity index (χ1n) is 9.63. The summed E-state index contributed by atoms with van der Waals surface area (Å²) < 4.78 is 12.2. The number of hydrogen-bond acceptors (Lipinski definition) is 5. The molecule has 0 aromatic carbocycles. The Kier molecular flexibility index (Phi) is 3.54. The zero-order valence-corrected chi connectivity index (χ0v) is 16.2. The molecule has 1 aromatic rings. The van der Waals surface area contributed by atoms with Gasteiger partial charge in [-0.1, -0.05) is 18.2 Å². The van der Waals surface area contributed by atoms with Gasteiger partial charge in [-0.2, -0.15) is 0 Å². The van der Waals surface area contributed by atoms with Gasteiger partial charge in [-0.05, 0) is 51.0 Å². The zero-order valence-electron chi connectivity index (χ0n) is 16.2. The highest BCUT2D eigenvalue weighted by molar-refractivity contribution is 6.12. The molecule has 1 unspecified atom stereocenters. The van der Waals surface area contributed by atoms with E-state index in [1.807, 2.05) is 24.3 Å². The first-order valence-corrected chi connectivity index (χ1v) is 9.63. The van der Waals surface area contributed by atoms with Gasteiger partial charge in [0, 0.05) is 29.8 Å². The molecule has 28 heavy (non-hydrogen) atoms. The molecule has 142 valence electrons. The van der Waals surface area contributed by atoms with Gasteiger partial charge >= 0.3 is 6.01 Å². The Morgan fingerprint density at radius 3 is 2.71 bits per heavy atom. The number of ketones is 1. The van der Waals surface area contributed by atoms with Crippen molar-refractivity contribution in [3.05, 3.63) is 77.1 Å². The Morgan fingerprint density at radius 2 is 1.93 bits per heavy atom. The minimum absolute atomic E-state index is 0.112. The Bertz CT molecular complexity index is 1030. The fraction of sp³-hybridized carbons (Fsp3) is 0.348. The van der Waals surface area contributed by atoms with Crippen LogP contribution in [0.1, 0.15) is 33.6 Å². The van der Waals surface area contributed by atoms with Crippen molar-refractivity contribution in [1.82, 2.24) is 9.97 Å². The molecule has 1 aliphatic heterocycles. The summed E-state index contributed by atoms with van der Waals surface area (Å²) in [5.41, 5.74) is 1.84. The van der Waals surface area contributed by atoms with Crippen LogP contribution < -0.4 is 4.74 Å². The van der Waals surface area contributed by atoms with Crippen molar-refractivity contribution in [2.75, 3.05) is 0 Å². The van der Waals surface area contributed by atoms with Crippen molar-refractivity contribution in [3.8, 4) is 6.01 Å². The molecule has 1 aromatic heterocycles. The van der Waals surface area contributed by atoms with Crippen molar-refractivity contribution in [2.45, 2.75) is 39.7 Å². The minimum atomic E-state index is -0.410. The van der Waals surface area contributed by atoms with E-state index in [4.69, 9.17) is 9.47 Å². The molecular formula is C23H22N2O3. The number of nitrogens with zero attached hydrogens (tertiary/aromatic N) is 2. The second-order valence-corrected chi connectivity index (χ2v) is 8.36. The van der Waals surface area contributed by atoms with Crippen molar-refractivity contribution in [3.63, 3.8) is 0 Å². The number of carbonyl (C=O) groups is 1. The lowest BCUT2D eigenvalue weighted by molar-refractivity contribution is -0.113. The van der Waals surface area contributed by atoms with Gasteiger partial charge in [-0.25, -0.2) is 9.97 Å². The highest BCUT2D eigenvalue weighted by atomic mass is 16.5. The van der Waals surface area contributed by atoms with E-state index in [0.29, 0.717) is 18.9 Å². The smallest absolute Gasteiger partial charge is 0.321 e. The van der Waals surface area contributed by atoms with E-state index < -0.39 is 10.8 Å². The van der Waals surface area contributed by atoms with E-state index in [1.165, 1.54) is 0 Å². The third kappa shape index (κ3) is 2.28. The van der Waals surface area contributed by atoms with Gasteiger partial charge in [-0.15, -0.1) is 0 Å². The maximum atomic E-state index is 13.5. The standard InChI is InChI=1S/C23H22N2O3/c1-22(2)16-13-14(27-21-24-11-6-12-25-21)8-9-15(16)19(26)18-20(22)28-17-7-4-5-10-23(17,18)3/h4-7,10-13,17H,8-9H2,1-3H3/t17?,23-/m1/s1. The average molecular weight is 374 g/mol. The number of Topliss-reactive ketones (excluding diaryl/α,β-unsaturated/α-hetero) is 1. The number of aromatic nitrogens is 2. The third-order valence-electron chi connectivity index (χ3n) is 6.20. The molecule has 2 heterocycles.